The van der Waals surface area contributed by atoms with Gasteiger partial charge in [0.05, 0.1) is 6.10 Å². The Morgan fingerprint density at radius 2 is 0.950 bits per heavy atom. The van der Waals surface area contributed by atoms with Gasteiger partial charge in [0.15, 0.2) is 34.8 Å². The van der Waals surface area contributed by atoms with Crippen LogP contribution < -0.4 is 0 Å². The van der Waals surface area contributed by atoms with Gasteiger partial charge in [-0.1, -0.05) is 18.2 Å². The van der Waals surface area contributed by atoms with Crippen LogP contribution in [0.1, 0.15) is 74.3 Å². The van der Waals surface area contributed by atoms with Crippen molar-refractivity contribution < 1.29 is 41.3 Å². The van der Waals surface area contributed by atoms with Crippen LogP contribution in [0.3, 0.4) is 0 Å². The molecule has 0 bridgehead atoms. The van der Waals surface area contributed by atoms with Gasteiger partial charge in [-0.15, -0.1) is 0 Å². The number of aromatic hydroxyl groups is 2. The summed E-state index contributed by atoms with van der Waals surface area (Å²) in [6.07, 6.45) is 5.50. The Morgan fingerprint density at radius 1 is 0.525 bits per heavy atom. The molecule has 3 aromatic rings. The Morgan fingerprint density at radius 3 is 1.55 bits per heavy atom. The van der Waals surface area contributed by atoms with Crippen molar-refractivity contribution in [3.05, 3.63) is 82.4 Å². The maximum atomic E-state index is 15.0. The van der Waals surface area contributed by atoms with Crippen molar-refractivity contribution in [2.75, 3.05) is 6.61 Å². The monoisotopic (exact) mass is 564 g/mol. The summed E-state index contributed by atoms with van der Waals surface area (Å²) in [6, 6.07) is 7.17. The first kappa shape index (κ1) is 28.3. The number of ether oxygens (including phenoxy) is 1. The van der Waals surface area contributed by atoms with Gasteiger partial charge in [0.1, 0.15) is 0 Å². The van der Waals surface area contributed by atoms with Crippen LogP contribution in [0.25, 0.3) is 11.1 Å². The molecule has 2 aliphatic carbocycles. The van der Waals surface area contributed by atoms with Crippen molar-refractivity contribution in [2.45, 2.75) is 69.3 Å². The van der Waals surface area contributed by atoms with E-state index in [1.54, 1.807) is 0 Å². The van der Waals surface area contributed by atoms with E-state index in [9.17, 15) is 32.2 Å². The van der Waals surface area contributed by atoms with Crippen LogP contribution >= 0.6 is 0 Å². The zero-order valence-electron chi connectivity index (χ0n) is 21.7. The second-order valence-electron chi connectivity index (χ2n) is 10.9. The van der Waals surface area contributed by atoms with Gasteiger partial charge in [0, 0.05) is 17.7 Å². The average molecular weight is 565 g/mol. The minimum Gasteiger partial charge on any atom is -0.505 e. The number of hydrogen-bond acceptors (Lipinski definition) is 3. The lowest BCUT2D eigenvalue weighted by atomic mass is 9.78. The Labute approximate surface area is 228 Å². The normalized spacial score (nSPS) is 23.4. The number of phenolic OH excluding ortho intramolecular Hbond substituents is 2. The molecular weight excluding hydrogens is 534 g/mol. The Balaban J connectivity index is 1.13. The maximum absolute atomic E-state index is 15.0. The van der Waals surface area contributed by atoms with Crippen LogP contribution in [0.5, 0.6) is 11.5 Å². The predicted molar refractivity (Wildman–Crippen MR) is 137 cm³/mol. The third kappa shape index (κ3) is 5.53. The molecule has 2 aliphatic rings. The molecule has 0 aliphatic heterocycles. The molecule has 0 aromatic heterocycles. The summed E-state index contributed by atoms with van der Waals surface area (Å²) >= 11 is 0. The third-order valence-corrected chi connectivity index (χ3v) is 8.52. The van der Waals surface area contributed by atoms with Gasteiger partial charge in [-0.05, 0) is 98.4 Å². The molecule has 3 aromatic carbocycles. The van der Waals surface area contributed by atoms with E-state index in [1.807, 2.05) is 0 Å². The molecule has 0 spiro atoms. The van der Waals surface area contributed by atoms with Crippen molar-refractivity contribution in [3.8, 4) is 22.6 Å². The summed E-state index contributed by atoms with van der Waals surface area (Å²) in [7, 11) is 0. The van der Waals surface area contributed by atoms with Crippen molar-refractivity contribution in [3.63, 3.8) is 0 Å². The van der Waals surface area contributed by atoms with Gasteiger partial charge in [-0.25, -0.2) is 17.6 Å². The first-order valence-corrected chi connectivity index (χ1v) is 13.6. The van der Waals surface area contributed by atoms with Gasteiger partial charge in [0.25, 0.3) is 0 Å². The molecule has 5 rings (SSSR count). The van der Waals surface area contributed by atoms with E-state index in [4.69, 9.17) is 4.74 Å². The summed E-state index contributed by atoms with van der Waals surface area (Å²) in [5.41, 5.74) is -0.395. The topological polar surface area (TPSA) is 49.7 Å². The standard InChI is InChI=1S/C31H30F6O3/c32-26-20(9-10-22(28(26)34)23-12-14-25(39)31(37)29(23)35)18-5-7-19(8-6-18)40-15-16-1-3-17(4-2-16)21-11-13-24(38)30(36)27(21)33/h9-14,16-19,38-39H,1-8,15H2. The fourth-order valence-electron chi connectivity index (χ4n) is 6.16. The summed E-state index contributed by atoms with van der Waals surface area (Å²) in [4.78, 5) is 0. The van der Waals surface area contributed by atoms with Gasteiger partial charge >= 0.3 is 0 Å². The fraction of sp³-hybridized carbons (Fsp3) is 0.419. The SMILES string of the molecule is Oc1ccc(-c2ccc(C3CCC(OCC4CCC(c5ccc(O)c(F)c5F)CC4)CC3)c(F)c2F)c(F)c1F. The second-order valence-corrected chi connectivity index (χ2v) is 10.9. The lowest BCUT2D eigenvalue weighted by Crippen LogP contribution is -2.26. The minimum atomic E-state index is -1.52. The fourth-order valence-corrected chi connectivity index (χ4v) is 6.16. The van der Waals surface area contributed by atoms with E-state index in [-0.39, 0.29) is 23.5 Å². The molecule has 0 amide bonds. The maximum Gasteiger partial charge on any atom is 0.200 e. The lowest BCUT2D eigenvalue weighted by Gasteiger charge is -2.32. The van der Waals surface area contributed by atoms with Crippen molar-refractivity contribution in [2.24, 2.45) is 5.92 Å². The van der Waals surface area contributed by atoms with Gasteiger partial charge in [-0.3, -0.25) is 0 Å². The van der Waals surface area contributed by atoms with Crippen LogP contribution in [0.4, 0.5) is 26.3 Å². The van der Waals surface area contributed by atoms with Gasteiger partial charge < -0.3 is 14.9 Å². The molecule has 40 heavy (non-hydrogen) atoms. The van der Waals surface area contributed by atoms with Crippen LogP contribution in [0.2, 0.25) is 0 Å². The predicted octanol–water partition coefficient (Wildman–Crippen LogP) is 8.62. The average Bonchev–Trinajstić information content (AvgIpc) is 2.96. The molecule has 214 valence electrons. The highest BCUT2D eigenvalue weighted by molar-refractivity contribution is 5.66. The first-order valence-electron chi connectivity index (χ1n) is 13.6. The van der Waals surface area contributed by atoms with Crippen LogP contribution in [0, 0.1) is 40.8 Å². The smallest absolute Gasteiger partial charge is 0.200 e. The highest BCUT2D eigenvalue weighted by Gasteiger charge is 2.30. The Hall–Kier alpha value is -3.20. The molecular formula is C31H30F6O3. The Kier molecular flexibility index (Phi) is 8.31. The van der Waals surface area contributed by atoms with Crippen molar-refractivity contribution in [1.29, 1.82) is 0 Å². The van der Waals surface area contributed by atoms with E-state index >= 15 is 4.39 Å². The van der Waals surface area contributed by atoms with Crippen LogP contribution in [0.15, 0.2) is 36.4 Å². The molecule has 0 unspecified atom stereocenters. The van der Waals surface area contributed by atoms with Gasteiger partial charge in [0.2, 0.25) is 11.6 Å². The zero-order chi connectivity index (χ0) is 28.6. The van der Waals surface area contributed by atoms with E-state index in [0.717, 1.165) is 25.0 Å². The zero-order valence-corrected chi connectivity index (χ0v) is 21.7. The van der Waals surface area contributed by atoms with Crippen molar-refractivity contribution in [1.82, 2.24) is 0 Å². The molecule has 0 saturated heterocycles. The molecule has 2 N–H and O–H groups in total. The minimum absolute atomic E-state index is 0.0149. The number of phenols is 2. The van der Waals surface area contributed by atoms with Crippen molar-refractivity contribution >= 4 is 0 Å². The van der Waals surface area contributed by atoms with E-state index in [1.165, 1.54) is 24.3 Å². The summed E-state index contributed by atoms with van der Waals surface area (Å²) < 4.78 is 92.0. The highest BCUT2D eigenvalue weighted by Crippen LogP contribution is 2.41. The summed E-state index contributed by atoms with van der Waals surface area (Å²) in [6.45, 7) is 0.543. The highest BCUT2D eigenvalue weighted by atomic mass is 19.2. The van der Waals surface area contributed by atoms with E-state index in [0.29, 0.717) is 56.6 Å². The quantitative estimate of drug-likeness (QED) is 0.295. The number of hydrogen-bond donors (Lipinski definition) is 2. The lowest BCUT2D eigenvalue weighted by molar-refractivity contribution is -0.00294. The number of halogens is 6. The number of rotatable bonds is 6. The first-order chi connectivity index (χ1) is 19.2. The summed E-state index contributed by atoms with van der Waals surface area (Å²) in [5.74, 6) is -9.15. The number of benzene rings is 3. The van der Waals surface area contributed by atoms with E-state index in [2.05, 4.69) is 0 Å². The summed E-state index contributed by atoms with van der Waals surface area (Å²) in [5, 5.41) is 18.6. The molecule has 3 nitrogen and oxygen atoms in total. The molecule has 0 radical (unpaired) electrons. The molecule has 9 heteroatoms. The molecule has 0 atom stereocenters. The van der Waals surface area contributed by atoms with Crippen LogP contribution in [-0.4, -0.2) is 22.9 Å². The molecule has 2 saturated carbocycles. The largest absolute Gasteiger partial charge is 0.505 e. The third-order valence-electron chi connectivity index (χ3n) is 8.52. The molecule has 0 heterocycles. The van der Waals surface area contributed by atoms with Crippen LogP contribution in [-0.2, 0) is 4.74 Å². The Bertz CT molecular complexity index is 1380. The second kappa shape index (κ2) is 11.7. The van der Waals surface area contributed by atoms with Gasteiger partial charge in [-0.2, -0.15) is 8.78 Å². The van der Waals surface area contributed by atoms with E-state index < -0.39 is 57.5 Å². The molecule has 2 fully saturated rings.